The second-order valence-corrected chi connectivity index (χ2v) is 2.89. The first-order valence-corrected chi connectivity index (χ1v) is 3.68. The lowest BCUT2D eigenvalue weighted by atomic mass is 10.1. The lowest BCUT2D eigenvalue weighted by Gasteiger charge is -2.04. The van der Waals surface area contributed by atoms with E-state index in [2.05, 4.69) is 4.98 Å². The van der Waals surface area contributed by atoms with Gasteiger partial charge in [0.05, 0.1) is 6.20 Å². The molecule has 1 aromatic heterocycles. The average molecular weight is 169 g/mol. The molecule has 0 fully saturated rings. The largest absolute Gasteiger partial charge is 0.506 e. The molecule has 0 saturated carbocycles. The van der Waals surface area contributed by atoms with Gasteiger partial charge in [-0.05, 0) is 0 Å². The van der Waals surface area contributed by atoms with Crippen LogP contribution in [0.15, 0.2) is 12.4 Å². The monoisotopic (exact) mass is 169 g/mol. The maximum atomic E-state index is 12.9. The molecule has 0 saturated heterocycles. The lowest BCUT2D eigenvalue weighted by Crippen LogP contribution is -2.06. The van der Waals surface area contributed by atoms with Gasteiger partial charge in [0.25, 0.3) is 0 Å². The highest BCUT2D eigenvalue weighted by Gasteiger charge is 2.32. The molecule has 2 N–H and O–H groups in total. The first kappa shape index (κ1) is 7.49. The molecule has 0 aliphatic heterocycles. The SMILES string of the molecule is Oc1cncc2c1CC(F)C2O. The van der Waals surface area contributed by atoms with E-state index < -0.39 is 12.3 Å². The van der Waals surface area contributed by atoms with Crippen molar-refractivity contribution in [3.8, 4) is 5.75 Å². The van der Waals surface area contributed by atoms with E-state index in [1.165, 1.54) is 12.4 Å². The molecule has 1 heterocycles. The third-order valence-electron chi connectivity index (χ3n) is 2.13. The summed E-state index contributed by atoms with van der Waals surface area (Å²) in [4.78, 5) is 3.66. The van der Waals surface area contributed by atoms with E-state index in [9.17, 15) is 14.6 Å². The molecule has 2 unspecified atom stereocenters. The van der Waals surface area contributed by atoms with Gasteiger partial charge in [0.15, 0.2) is 0 Å². The van der Waals surface area contributed by atoms with E-state index in [0.717, 1.165) is 0 Å². The summed E-state index contributed by atoms with van der Waals surface area (Å²) >= 11 is 0. The summed E-state index contributed by atoms with van der Waals surface area (Å²) in [5, 5.41) is 18.5. The minimum Gasteiger partial charge on any atom is -0.506 e. The predicted octanol–water partition coefficient (Wildman–Crippen LogP) is 0.715. The Hall–Kier alpha value is -1.16. The summed E-state index contributed by atoms with van der Waals surface area (Å²) in [6.07, 6.45) is 0.281. The van der Waals surface area contributed by atoms with E-state index in [4.69, 9.17) is 0 Å². The van der Waals surface area contributed by atoms with Gasteiger partial charge < -0.3 is 10.2 Å². The molecule has 2 rings (SSSR count). The number of aromatic nitrogens is 1. The van der Waals surface area contributed by atoms with Crippen LogP contribution < -0.4 is 0 Å². The Morgan fingerprint density at radius 3 is 2.92 bits per heavy atom. The Morgan fingerprint density at radius 2 is 2.25 bits per heavy atom. The van der Waals surface area contributed by atoms with Crippen LogP contribution in [-0.4, -0.2) is 21.4 Å². The Bertz CT molecular complexity index is 316. The van der Waals surface area contributed by atoms with Crippen LogP contribution in [0, 0.1) is 0 Å². The maximum absolute atomic E-state index is 12.9. The number of rotatable bonds is 0. The van der Waals surface area contributed by atoms with Crippen LogP contribution in [0.25, 0.3) is 0 Å². The number of alkyl halides is 1. The van der Waals surface area contributed by atoms with E-state index >= 15 is 0 Å². The highest BCUT2D eigenvalue weighted by atomic mass is 19.1. The Balaban J connectivity index is 2.53. The average Bonchev–Trinajstić information content (AvgIpc) is 2.32. The fourth-order valence-corrected chi connectivity index (χ4v) is 1.47. The number of halogens is 1. The lowest BCUT2D eigenvalue weighted by molar-refractivity contribution is 0.0924. The van der Waals surface area contributed by atoms with Crippen LogP contribution in [-0.2, 0) is 6.42 Å². The van der Waals surface area contributed by atoms with Gasteiger partial charge in [-0.2, -0.15) is 0 Å². The van der Waals surface area contributed by atoms with Gasteiger partial charge >= 0.3 is 0 Å². The second kappa shape index (κ2) is 2.42. The van der Waals surface area contributed by atoms with Crippen molar-refractivity contribution in [2.24, 2.45) is 0 Å². The molecule has 0 amide bonds. The van der Waals surface area contributed by atoms with Gasteiger partial charge in [-0.15, -0.1) is 0 Å². The quantitative estimate of drug-likeness (QED) is 0.601. The van der Waals surface area contributed by atoms with Crippen molar-refractivity contribution in [2.75, 3.05) is 0 Å². The molecule has 0 aromatic carbocycles. The number of hydrogen-bond donors (Lipinski definition) is 2. The summed E-state index contributed by atoms with van der Waals surface area (Å²) in [6.45, 7) is 0. The highest BCUT2D eigenvalue weighted by molar-refractivity contribution is 5.42. The molecule has 1 aliphatic rings. The molecule has 0 spiro atoms. The molecule has 4 heteroatoms. The number of hydrogen-bond acceptors (Lipinski definition) is 3. The van der Waals surface area contributed by atoms with E-state index in [-0.39, 0.29) is 12.2 Å². The summed E-state index contributed by atoms with van der Waals surface area (Å²) in [6, 6.07) is 0. The number of pyridine rings is 1. The van der Waals surface area contributed by atoms with Gasteiger partial charge in [0, 0.05) is 23.7 Å². The minimum absolute atomic E-state index is 0.0355. The van der Waals surface area contributed by atoms with Crippen molar-refractivity contribution in [2.45, 2.75) is 18.7 Å². The molecule has 1 aliphatic carbocycles. The van der Waals surface area contributed by atoms with Gasteiger partial charge in [-0.25, -0.2) is 4.39 Å². The van der Waals surface area contributed by atoms with Crippen molar-refractivity contribution in [1.29, 1.82) is 0 Å². The maximum Gasteiger partial charge on any atom is 0.137 e. The topological polar surface area (TPSA) is 53.4 Å². The van der Waals surface area contributed by atoms with E-state index in [0.29, 0.717) is 11.1 Å². The number of fused-ring (bicyclic) bond motifs is 1. The molecule has 2 atom stereocenters. The number of aliphatic hydroxyl groups is 1. The molecule has 0 bridgehead atoms. The van der Waals surface area contributed by atoms with Crippen molar-refractivity contribution < 1.29 is 14.6 Å². The summed E-state index contributed by atoms with van der Waals surface area (Å²) in [5.41, 5.74) is 0.882. The number of aromatic hydroxyl groups is 1. The predicted molar refractivity (Wildman–Crippen MR) is 39.5 cm³/mol. The van der Waals surface area contributed by atoms with Gasteiger partial charge in [0.1, 0.15) is 18.0 Å². The van der Waals surface area contributed by atoms with Crippen LogP contribution in [0.2, 0.25) is 0 Å². The third kappa shape index (κ3) is 0.881. The first-order chi connectivity index (χ1) is 5.70. The molecule has 12 heavy (non-hydrogen) atoms. The zero-order valence-corrected chi connectivity index (χ0v) is 6.24. The Morgan fingerprint density at radius 1 is 1.50 bits per heavy atom. The van der Waals surface area contributed by atoms with Crippen molar-refractivity contribution >= 4 is 0 Å². The van der Waals surface area contributed by atoms with Crippen molar-refractivity contribution in [3.63, 3.8) is 0 Å². The zero-order valence-electron chi connectivity index (χ0n) is 6.24. The zero-order chi connectivity index (χ0) is 8.72. The van der Waals surface area contributed by atoms with Gasteiger partial charge in [-0.3, -0.25) is 4.98 Å². The molecule has 0 radical (unpaired) electrons. The number of aliphatic hydroxyl groups excluding tert-OH is 1. The van der Waals surface area contributed by atoms with Crippen LogP contribution in [0.4, 0.5) is 4.39 Å². The van der Waals surface area contributed by atoms with Crippen molar-refractivity contribution in [3.05, 3.63) is 23.5 Å². The number of nitrogens with zero attached hydrogens (tertiary/aromatic N) is 1. The van der Waals surface area contributed by atoms with Gasteiger partial charge in [0.2, 0.25) is 0 Å². The van der Waals surface area contributed by atoms with Gasteiger partial charge in [-0.1, -0.05) is 0 Å². The van der Waals surface area contributed by atoms with E-state index in [1.54, 1.807) is 0 Å². The summed E-state index contributed by atoms with van der Waals surface area (Å²) < 4.78 is 12.9. The molecule has 64 valence electrons. The van der Waals surface area contributed by atoms with Crippen molar-refractivity contribution in [1.82, 2.24) is 4.98 Å². The van der Waals surface area contributed by atoms with Crippen LogP contribution in [0.5, 0.6) is 5.75 Å². The second-order valence-electron chi connectivity index (χ2n) is 2.89. The minimum atomic E-state index is -1.31. The normalized spacial score (nSPS) is 27.2. The molecule has 1 aromatic rings. The molecular formula is C8H8FNO2. The van der Waals surface area contributed by atoms with Crippen LogP contribution in [0.1, 0.15) is 17.2 Å². The molecular weight excluding hydrogens is 161 g/mol. The fraction of sp³-hybridized carbons (Fsp3) is 0.375. The Kier molecular flexibility index (Phi) is 1.51. The van der Waals surface area contributed by atoms with Crippen LogP contribution in [0.3, 0.4) is 0 Å². The smallest absolute Gasteiger partial charge is 0.137 e. The fourth-order valence-electron chi connectivity index (χ4n) is 1.47. The Labute approximate surface area is 68.5 Å². The summed E-state index contributed by atoms with van der Waals surface area (Å²) in [7, 11) is 0. The van der Waals surface area contributed by atoms with Crippen LogP contribution >= 0.6 is 0 Å². The standard InChI is InChI=1S/C8H8FNO2/c9-6-1-4-5(8(6)12)2-10-3-7(4)11/h2-3,6,8,11-12H,1H2. The third-order valence-corrected chi connectivity index (χ3v) is 2.13. The van der Waals surface area contributed by atoms with E-state index in [1.807, 2.05) is 0 Å². The highest BCUT2D eigenvalue weighted by Crippen LogP contribution is 2.36. The first-order valence-electron chi connectivity index (χ1n) is 3.68. The summed E-state index contributed by atoms with van der Waals surface area (Å²) in [5.74, 6) is -0.0355. The molecule has 3 nitrogen and oxygen atoms in total.